The van der Waals surface area contributed by atoms with Crippen molar-refractivity contribution in [3.05, 3.63) is 30.1 Å². The number of nitrogens with one attached hydrogen (secondary N) is 1. The predicted molar refractivity (Wildman–Crippen MR) is 95.5 cm³/mol. The van der Waals surface area contributed by atoms with Gasteiger partial charge in [-0.1, -0.05) is 13.0 Å². The number of anilines is 1. The van der Waals surface area contributed by atoms with Gasteiger partial charge in [0.1, 0.15) is 11.9 Å². The average molecular weight is 351 g/mol. The molecule has 0 radical (unpaired) electrons. The highest BCUT2D eigenvalue weighted by Gasteiger charge is 2.35. The van der Waals surface area contributed by atoms with E-state index >= 15 is 0 Å². The first-order chi connectivity index (χ1) is 12.1. The second kappa shape index (κ2) is 8.13. The number of likely N-dealkylation sites (tertiary alicyclic amines) is 1. The van der Waals surface area contributed by atoms with Gasteiger partial charge in [-0.25, -0.2) is 8.78 Å². The van der Waals surface area contributed by atoms with E-state index in [9.17, 15) is 8.78 Å². The van der Waals surface area contributed by atoms with Gasteiger partial charge >= 0.3 is 0 Å². The molecule has 0 aliphatic carbocycles. The van der Waals surface area contributed by atoms with Crippen LogP contribution in [0.1, 0.15) is 51.1 Å². The Balaban J connectivity index is 1.80. The second-order valence-corrected chi connectivity index (χ2v) is 6.74. The zero-order valence-electron chi connectivity index (χ0n) is 14.8. The number of pyridine rings is 1. The Kier molecular flexibility index (Phi) is 5.89. The molecule has 1 N–H and O–H groups in total. The van der Waals surface area contributed by atoms with Gasteiger partial charge in [-0.3, -0.25) is 4.98 Å². The molecule has 2 fully saturated rings. The van der Waals surface area contributed by atoms with Crippen molar-refractivity contribution < 1.29 is 13.5 Å². The largest absolute Gasteiger partial charge is 0.370 e. The molecule has 3 heterocycles. The van der Waals surface area contributed by atoms with Crippen LogP contribution in [0.25, 0.3) is 5.70 Å². The van der Waals surface area contributed by atoms with Crippen LogP contribution in [0.5, 0.6) is 0 Å². The van der Waals surface area contributed by atoms with Gasteiger partial charge in [0.2, 0.25) is 0 Å². The Morgan fingerprint density at radius 1 is 1.40 bits per heavy atom. The highest BCUT2D eigenvalue weighted by molar-refractivity contribution is 5.72. The molecule has 0 spiro atoms. The molecule has 2 aliphatic heterocycles. The van der Waals surface area contributed by atoms with Crippen LogP contribution >= 0.6 is 0 Å². The summed E-state index contributed by atoms with van der Waals surface area (Å²) >= 11 is 0. The van der Waals surface area contributed by atoms with Gasteiger partial charge in [0.15, 0.2) is 0 Å². The second-order valence-electron chi connectivity index (χ2n) is 6.74. The van der Waals surface area contributed by atoms with E-state index in [2.05, 4.69) is 23.3 Å². The quantitative estimate of drug-likeness (QED) is 0.847. The van der Waals surface area contributed by atoms with Crippen molar-refractivity contribution in [3.63, 3.8) is 0 Å². The fraction of sp³-hybridized carbons (Fsp3) is 0.632. The van der Waals surface area contributed by atoms with Crippen molar-refractivity contribution in [1.29, 1.82) is 0 Å². The minimum atomic E-state index is -2.55. The number of allylic oxidation sites excluding steroid dienone is 1. The smallest absolute Gasteiger partial charge is 0.251 e. The zero-order chi connectivity index (χ0) is 17.7. The van der Waals surface area contributed by atoms with E-state index in [0.717, 1.165) is 49.4 Å². The van der Waals surface area contributed by atoms with Crippen LogP contribution in [0.2, 0.25) is 0 Å². The normalized spacial score (nSPS) is 24.2. The van der Waals surface area contributed by atoms with Crippen molar-refractivity contribution in [3.8, 4) is 0 Å². The van der Waals surface area contributed by atoms with E-state index in [1.165, 1.54) is 0 Å². The molecule has 6 heteroatoms. The van der Waals surface area contributed by atoms with Gasteiger partial charge in [-0.2, -0.15) is 0 Å². The molecule has 1 unspecified atom stereocenters. The summed E-state index contributed by atoms with van der Waals surface area (Å²) in [6.07, 6.45) is 7.67. The number of hydrogen-bond acceptors (Lipinski definition) is 4. The fourth-order valence-electron chi connectivity index (χ4n) is 3.40. The summed E-state index contributed by atoms with van der Waals surface area (Å²) in [6, 6.07) is 3.88. The van der Waals surface area contributed by atoms with Crippen LogP contribution in [-0.2, 0) is 4.74 Å². The highest BCUT2D eigenvalue weighted by Crippen LogP contribution is 2.34. The van der Waals surface area contributed by atoms with Crippen molar-refractivity contribution in [2.24, 2.45) is 0 Å². The average Bonchev–Trinajstić information content (AvgIpc) is 2.62. The topological polar surface area (TPSA) is 37.4 Å². The molecule has 138 valence electrons. The molecule has 0 bridgehead atoms. The number of halogens is 2. The Labute approximate surface area is 148 Å². The van der Waals surface area contributed by atoms with E-state index in [1.54, 1.807) is 6.20 Å². The summed E-state index contributed by atoms with van der Waals surface area (Å²) in [5.41, 5.74) is 2.67. The molecule has 0 aromatic carbocycles. The van der Waals surface area contributed by atoms with Gasteiger partial charge in [0.25, 0.3) is 5.92 Å². The van der Waals surface area contributed by atoms with Gasteiger partial charge < -0.3 is 15.0 Å². The minimum absolute atomic E-state index is 0.00901. The van der Waals surface area contributed by atoms with Crippen LogP contribution in [0.4, 0.5) is 14.5 Å². The van der Waals surface area contributed by atoms with Crippen LogP contribution in [0.3, 0.4) is 0 Å². The number of nitrogens with zero attached hydrogens (tertiary/aromatic N) is 2. The van der Waals surface area contributed by atoms with Crippen LogP contribution < -0.4 is 5.32 Å². The summed E-state index contributed by atoms with van der Waals surface area (Å²) < 4.78 is 32.8. The summed E-state index contributed by atoms with van der Waals surface area (Å²) in [5, 5.41) is 3.44. The van der Waals surface area contributed by atoms with E-state index in [-0.39, 0.29) is 19.1 Å². The molecule has 0 saturated carbocycles. The number of rotatable bonds is 5. The first-order valence-corrected chi connectivity index (χ1v) is 9.25. The SMILES string of the molecule is CC/C=C(/c1ncccc1NC1CCCCO1)N1CCC(F)(F)CC1. The first-order valence-electron chi connectivity index (χ1n) is 9.25. The standard InChI is InChI=1S/C19H27F2N3O/c1-2-6-16(24-12-9-19(20,21)10-13-24)18-15(7-5-11-22-18)23-17-8-3-4-14-25-17/h5-7,11,17,23H,2-4,8-10,12-14H2,1H3/b16-6-. The molecule has 25 heavy (non-hydrogen) atoms. The van der Waals surface area contributed by atoms with Crippen molar-refractivity contribution >= 4 is 11.4 Å². The molecule has 1 aromatic rings. The Hall–Kier alpha value is -1.69. The van der Waals surface area contributed by atoms with Gasteiger partial charge in [0, 0.05) is 38.7 Å². The highest BCUT2D eigenvalue weighted by atomic mass is 19.3. The molecule has 2 aliphatic rings. The number of piperidine rings is 1. The lowest BCUT2D eigenvalue weighted by Gasteiger charge is -2.35. The third-order valence-corrected chi connectivity index (χ3v) is 4.78. The molecule has 4 nitrogen and oxygen atoms in total. The summed E-state index contributed by atoms with van der Waals surface area (Å²) in [4.78, 5) is 6.60. The van der Waals surface area contributed by atoms with Crippen molar-refractivity contribution in [2.75, 3.05) is 25.0 Å². The van der Waals surface area contributed by atoms with Crippen LogP contribution in [0, 0.1) is 0 Å². The maximum atomic E-state index is 13.5. The monoisotopic (exact) mass is 351 g/mol. The number of hydrogen-bond donors (Lipinski definition) is 1. The molecular formula is C19H27F2N3O. The molecule has 3 rings (SSSR count). The lowest BCUT2D eigenvalue weighted by molar-refractivity contribution is -0.0451. The third kappa shape index (κ3) is 4.69. The Morgan fingerprint density at radius 3 is 2.88 bits per heavy atom. The summed E-state index contributed by atoms with van der Waals surface area (Å²) in [5.74, 6) is -2.55. The van der Waals surface area contributed by atoms with Gasteiger partial charge in [-0.15, -0.1) is 0 Å². The third-order valence-electron chi connectivity index (χ3n) is 4.78. The van der Waals surface area contributed by atoms with E-state index in [0.29, 0.717) is 13.1 Å². The molecule has 1 aromatic heterocycles. The van der Waals surface area contributed by atoms with Crippen LogP contribution in [-0.4, -0.2) is 41.7 Å². The molecular weight excluding hydrogens is 324 g/mol. The van der Waals surface area contributed by atoms with E-state index in [4.69, 9.17) is 4.74 Å². The van der Waals surface area contributed by atoms with E-state index < -0.39 is 5.92 Å². The molecule has 2 saturated heterocycles. The summed E-state index contributed by atoms with van der Waals surface area (Å²) in [7, 11) is 0. The maximum Gasteiger partial charge on any atom is 0.251 e. The fourth-order valence-corrected chi connectivity index (χ4v) is 3.40. The summed E-state index contributed by atoms with van der Waals surface area (Å²) in [6.45, 7) is 3.54. The maximum absolute atomic E-state index is 13.5. The Morgan fingerprint density at radius 2 is 2.20 bits per heavy atom. The Bertz CT molecular complexity index is 590. The lowest BCUT2D eigenvalue weighted by atomic mass is 10.0. The van der Waals surface area contributed by atoms with E-state index in [1.807, 2.05) is 17.0 Å². The number of alkyl halides is 2. The first kappa shape index (κ1) is 18.1. The number of ether oxygens (including phenoxy) is 1. The molecule has 0 amide bonds. The van der Waals surface area contributed by atoms with Crippen molar-refractivity contribution in [1.82, 2.24) is 9.88 Å². The van der Waals surface area contributed by atoms with Crippen LogP contribution in [0.15, 0.2) is 24.4 Å². The van der Waals surface area contributed by atoms with Gasteiger partial charge in [0.05, 0.1) is 11.4 Å². The molecule has 1 atom stereocenters. The minimum Gasteiger partial charge on any atom is -0.370 e. The zero-order valence-corrected chi connectivity index (χ0v) is 14.8. The lowest BCUT2D eigenvalue weighted by Crippen LogP contribution is -2.38. The van der Waals surface area contributed by atoms with Gasteiger partial charge in [-0.05, 0) is 37.8 Å². The van der Waals surface area contributed by atoms with Crippen molar-refractivity contribution in [2.45, 2.75) is 57.6 Å². The predicted octanol–water partition coefficient (Wildman–Crippen LogP) is 4.50. The number of aromatic nitrogens is 1.